The van der Waals surface area contributed by atoms with E-state index >= 15 is 0 Å². The Morgan fingerprint density at radius 1 is 1.20 bits per heavy atom. The van der Waals surface area contributed by atoms with E-state index in [9.17, 15) is 9.59 Å². The number of fused-ring (bicyclic) bond motifs is 1. The first-order chi connectivity index (χ1) is 12.2. The third-order valence-electron chi connectivity index (χ3n) is 3.56. The third kappa shape index (κ3) is 3.20. The number of anilines is 2. The van der Waals surface area contributed by atoms with E-state index in [-0.39, 0.29) is 18.4 Å². The molecule has 4 rings (SSSR count). The topological polar surface area (TPSA) is 93.2 Å². The van der Waals surface area contributed by atoms with Gasteiger partial charge >= 0.3 is 0 Å². The minimum Gasteiger partial charge on any atom is -0.482 e. The number of hydrogen-bond donors (Lipinski definition) is 2. The average molecular weight is 352 g/mol. The Morgan fingerprint density at radius 3 is 2.88 bits per heavy atom. The van der Waals surface area contributed by atoms with Crippen molar-refractivity contribution in [2.24, 2.45) is 0 Å². The van der Waals surface area contributed by atoms with E-state index in [0.717, 1.165) is 17.1 Å². The van der Waals surface area contributed by atoms with Crippen LogP contribution in [0.4, 0.5) is 10.8 Å². The maximum atomic E-state index is 12.4. The summed E-state index contributed by atoms with van der Waals surface area (Å²) in [6, 6.07) is 14.4. The highest BCUT2D eigenvalue weighted by Crippen LogP contribution is 2.29. The number of hydrogen-bond acceptors (Lipinski definition) is 6. The van der Waals surface area contributed by atoms with E-state index in [1.165, 1.54) is 0 Å². The van der Waals surface area contributed by atoms with Crippen LogP contribution in [0.5, 0.6) is 5.75 Å². The Labute approximate surface area is 146 Å². The van der Waals surface area contributed by atoms with Gasteiger partial charge in [-0.15, -0.1) is 0 Å². The quantitative estimate of drug-likeness (QED) is 0.756. The maximum Gasteiger partial charge on any atom is 0.262 e. The molecule has 1 aliphatic rings. The minimum absolute atomic E-state index is 0.0606. The van der Waals surface area contributed by atoms with E-state index in [1.807, 2.05) is 30.3 Å². The summed E-state index contributed by atoms with van der Waals surface area (Å²) in [5, 5.41) is 5.82. The highest BCUT2D eigenvalue weighted by atomic mass is 32.1. The van der Waals surface area contributed by atoms with Gasteiger partial charge in [-0.25, -0.2) is 0 Å². The lowest BCUT2D eigenvalue weighted by molar-refractivity contribution is -0.118. The number of amides is 2. The largest absolute Gasteiger partial charge is 0.482 e. The van der Waals surface area contributed by atoms with Crippen LogP contribution >= 0.6 is 11.5 Å². The van der Waals surface area contributed by atoms with E-state index in [1.54, 1.807) is 18.2 Å². The Hall–Kier alpha value is -3.26. The fourth-order valence-corrected chi connectivity index (χ4v) is 2.95. The van der Waals surface area contributed by atoms with Gasteiger partial charge in [-0.2, -0.15) is 9.36 Å². The van der Waals surface area contributed by atoms with Crippen LogP contribution in [0, 0.1) is 0 Å². The number of ether oxygens (including phenoxy) is 1. The Bertz CT molecular complexity index is 956. The average Bonchev–Trinajstić information content (AvgIpc) is 3.10. The first-order valence-electron chi connectivity index (χ1n) is 7.46. The van der Waals surface area contributed by atoms with Crippen molar-refractivity contribution >= 4 is 34.2 Å². The summed E-state index contributed by atoms with van der Waals surface area (Å²) in [5.41, 5.74) is 1.85. The number of carbonyl (C=O) groups is 2. The summed E-state index contributed by atoms with van der Waals surface area (Å²) < 4.78 is 9.58. The van der Waals surface area contributed by atoms with Crippen molar-refractivity contribution in [2.45, 2.75) is 0 Å². The molecule has 2 aromatic carbocycles. The smallest absolute Gasteiger partial charge is 0.262 e. The van der Waals surface area contributed by atoms with Gasteiger partial charge in [0.05, 0.1) is 5.69 Å². The zero-order valence-electron chi connectivity index (χ0n) is 12.9. The second-order valence-corrected chi connectivity index (χ2v) is 6.04. The molecule has 0 atom stereocenters. The zero-order chi connectivity index (χ0) is 17.2. The van der Waals surface area contributed by atoms with Crippen LogP contribution < -0.4 is 15.4 Å². The third-order valence-corrected chi connectivity index (χ3v) is 4.19. The fraction of sp³-hybridized carbons (Fsp3) is 0.0588. The number of benzene rings is 2. The Kier molecular flexibility index (Phi) is 3.87. The molecule has 0 unspecified atom stereocenters. The minimum atomic E-state index is -0.320. The van der Waals surface area contributed by atoms with Crippen LogP contribution in [0.25, 0.3) is 11.4 Å². The molecular weight excluding hydrogens is 340 g/mol. The molecule has 8 heteroatoms. The molecule has 2 amide bonds. The molecule has 7 nitrogen and oxygen atoms in total. The predicted octanol–water partition coefficient (Wildman–Crippen LogP) is 2.79. The molecule has 25 heavy (non-hydrogen) atoms. The summed E-state index contributed by atoms with van der Waals surface area (Å²) in [7, 11) is 0. The number of rotatable bonds is 3. The van der Waals surface area contributed by atoms with Gasteiger partial charge in [0.25, 0.3) is 11.8 Å². The second-order valence-electron chi connectivity index (χ2n) is 5.29. The molecule has 1 aromatic heterocycles. The van der Waals surface area contributed by atoms with Gasteiger partial charge in [-0.3, -0.25) is 14.9 Å². The number of nitrogens with zero attached hydrogens (tertiary/aromatic N) is 2. The van der Waals surface area contributed by atoms with Crippen molar-refractivity contribution in [3.8, 4) is 17.1 Å². The lowest BCUT2D eigenvalue weighted by Gasteiger charge is -2.18. The van der Waals surface area contributed by atoms with E-state index in [4.69, 9.17) is 4.74 Å². The van der Waals surface area contributed by atoms with Crippen molar-refractivity contribution in [2.75, 3.05) is 17.2 Å². The maximum absolute atomic E-state index is 12.4. The first kappa shape index (κ1) is 15.3. The van der Waals surface area contributed by atoms with Gasteiger partial charge in [-0.1, -0.05) is 30.3 Å². The van der Waals surface area contributed by atoms with Crippen molar-refractivity contribution in [3.05, 3.63) is 54.1 Å². The highest BCUT2D eigenvalue weighted by Gasteiger charge is 2.18. The number of nitrogens with one attached hydrogen (secondary N) is 2. The number of carbonyl (C=O) groups excluding carboxylic acids is 2. The summed E-state index contributed by atoms with van der Waals surface area (Å²) in [6.07, 6.45) is 0. The van der Waals surface area contributed by atoms with Crippen LogP contribution in [0.3, 0.4) is 0 Å². The highest BCUT2D eigenvalue weighted by molar-refractivity contribution is 7.10. The molecule has 3 aromatic rings. The van der Waals surface area contributed by atoms with Gasteiger partial charge in [0.2, 0.25) is 5.13 Å². The molecule has 2 N–H and O–H groups in total. The molecule has 0 fully saturated rings. The molecule has 0 saturated heterocycles. The summed E-state index contributed by atoms with van der Waals surface area (Å²) in [6.45, 7) is -0.0606. The monoisotopic (exact) mass is 352 g/mol. The van der Waals surface area contributed by atoms with Crippen LogP contribution in [0.1, 0.15) is 10.4 Å². The molecule has 124 valence electrons. The lowest BCUT2D eigenvalue weighted by Crippen LogP contribution is -2.25. The molecule has 0 radical (unpaired) electrons. The van der Waals surface area contributed by atoms with Crippen molar-refractivity contribution in [3.63, 3.8) is 0 Å². The SMILES string of the molecule is O=C1COc2cc(C(=O)Nc3nc(-c4ccccc4)ns3)ccc2N1. The molecule has 1 aliphatic heterocycles. The molecule has 0 saturated carbocycles. The van der Waals surface area contributed by atoms with Crippen LogP contribution in [0.15, 0.2) is 48.5 Å². The second kappa shape index (κ2) is 6.33. The van der Waals surface area contributed by atoms with Crippen molar-refractivity contribution < 1.29 is 14.3 Å². The van der Waals surface area contributed by atoms with Crippen molar-refractivity contribution in [1.29, 1.82) is 0 Å². The van der Waals surface area contributed by atoms with Gasteiger partial charge in [-0.05, 0) is 18.2 Å². The van der Waals surface area contributed by atoms with Crippen LogP contribution in [0.2, 0.25) is 0 Å². The molecule has 0 spiro atoms. The molecule has 0 bridgehead atoms. The number of aromatic nitrogens is 2. The normalized spacial score (nSPS) is 12.7. The molecule has 2 heterocycles. The Balaban J connectivity index is 1.51. The van der Waals surface area contributed by atoms with E-state index in [0.29, 0.717) is 28.0 Å². The standard InChI is InChI=1S/C17H12N4O3S/c22-14-9-24-13-8-11(6-7-12(13)18-14)16(23)20-17-19-15(21-25-17)10-4-2-1-3-5-10/h1-8H,9H2,(H,18,22)(H,19,20,21,23). The molecule has 0 aliphatic carbocycles. The van der Waals surface area contributed by atoms with Gasteiger partial charge in [0, 0.05) is 22.7 Å². The molecular formula is C17H12N4O3S. The lowest BCUT2D eigenvalue weighted by atomic mass is 10.1. The van der Waals surface area contributed by atoms with Gasteiger partial charge in [0.15, 0.2) is 12.4 Å². The van der Waals surface area contributed by atoms with Crippen molar-refractivity contribution in [1.82, 2.24) is 9.36 Å². The first-order valence-corrected chi connectivity index (χ1v) is 8.23. The van der Waals surface area contributed by atoms with Gasteiger partial charge < -0.3 is 10.1 Å². The van der Waals surface area contributed by atoms with E-state index < -0.39 is 0 Å². The van der Waals surface area contributed by atoms with Gasteiger partial charge in [0.1, 0.15) is 5.75 Å². The summed E-state index contributed by atoms with van der Waals surface area (Å²) >= 11 is 1.12. The summed E-state index contributed by atoms with van der Waals surface area (Å²) in [4.78, 5) is 28.0. The Morgan fingerprint density at radius 2 is 2.04 bits per heavy atom. The van der Waals surface area contributed by atoms with Crippen LogP contribution in [-0.2, 0) is 4.79 Å². The fourth-order valence-electron chi connectivity index (χ4n) is 2.36. The summed E-state index contributed by atoms with van der Waals surface area (Å²) in [5.74, 6) is 0.498. The van der Waals surface area contributed by atoms with Crippen LogP contribution in [-0.4, -0.2) is 27.8 Å². The zero-order valence-corrected chi connectivity index (χ0v) is 13.7. The van der Waals surface area contributed by atoms with E-state index in [2.05, 4.69) is 20.0 Å². The predicted molar refractivity (Wildman–Crippen MR) is 93.9 cm³/mol.